The maximum Gasteiger partial charge on any atom is 0.216 e. The third-order valence-corrected chi connectivity index (χ3v) is 5.46. The molecule has 3 N–H and O–H groups in total. The van der Waals surface area contributed by atoms with Gasteiger partial charge in [-0.05, 0) is 38.0 Å². The van der Waals surface area contributed by atoms with Crippen LogP contribution < -0.4 is 15.4 Å². The molecule has 9 heteroatoms. The number of nitrogens with one attached hydrogen (secondary N) is 3. The van der Waals surface area contributed by atoms with E-state index in [4.69, 9.17) is 0 Å². The first-order valence-corrected chi connectivity index (χ1v) is 11.0. The van der Waals surface area contributed by atoms with Crippen molar-refractivity contribution in [2.75, 3.05) is 6.54 Å². The van der Waals surface area contributed by atoms with E-state index in [0.29, 0.717) is 13.1 Å². The molecule has 154 valence electrons. The molecule has 0 fully saturated rings. The molecule has 8 nitrogen and oxygen atoms in total. The number of aliphatic imine (C=N–C) groups is 1. The summed E-state index contributed by atoms with van der Waals surface area (Å²) in [5.74, 6) is 0.695. The molecule has 2 rings (SSSR count). The van der Waals surface area contributed by atoms with Gasteiger partial charge in [0.1, 0.15) is 0 Å². The van der Waals surface area contributed by atoms with Crippen LogP contribution in [0.15, 0.2) is 41.5 Å². The summed E-state index contributed by atoms with van der Waals surface area (Å²) in [5, 5.41) is 10.7. The van der Waals surface area contributed by atoms with Gasteiger partial charge in [-0.2, -0.15) is 5.10 Å². The number of benzene rings is 1. The fourth-order valence-corrected chi connectivity index (χ4v) is 4.06. The van der Waals surface area contributed by atoms with Crippen molar-refractivity contribution in [3.63, 3.8) is 0 Å². The smallest absolute Gasteiger partial charge is 0.216 e. The lowest BCUT2D eigenvalue weighted by Gasteiger charge is -2.12. The zero-order valence-corrected chi connectivity index (χ0v) is 17.8. The Labute approximate surface area is 167 Å². The van der Waals surface area contributed by atoms with Gasteiger partial charge >= 0.3 is 0 Å². The molecular formula is C19H30N6O2S. The number of aromatic nitrogens is 2. The van der Waals surface area contributed by atoms with E-state index in [0.717, 1.165) is 29.3 Å². The molecule has 1 heterocycles. The first kappa shape index (κ1) is 21.9. The van der Waals surface area contributed by atoms with Crippen molar-refractivity contribution in [1.82, 2.24) is 25.1 Å². The van der Waals surface area contributed by atoms with Crippen molar-refractivity contribution in [2.24, 2.45) is 12.0 Å². The summed E-state index contributed by atoms with van der Waals surface area (Å²) in [5.41, 5.74) is 2.82. The lowest BCUT2D eigenvalue weighted by atomic mass is 10.1. The Hall–Kier alpha value is -2.39. The summed E-state index contributed by atoms with van der Waals surface area (Å²) < 4.78 is 28.5. The monoisotopic (exact) mass is 406 g/mol. The molecule has 0 amide bonds. The molecule has 0 atom stereocenters. The molecule has 1 aromatic carbocycles. The average Bonchev–Trinajstić information content (AvgIpc) is 3.02. The topological polar surface area (TPSA) is 100 Å². The summed E-state index contributed by atoms with van der Waals surface area (Å²) in [4.78, 5) is 4.59. The molecule has 0 spiro atoms. The Kier molecular flexibility index (Phi) is 8.01. The number of hydrogen-bond donors (Lipinski definition) is 3. The highest BCUT2D eigenvalue weighted by Gasteiger charge is 2.12. The summed E-state index contributed by atoms with van der Waals surface area (Å²) in [6, 6.07) is 9.34. The Morgan fingerprint density at radius 2 is 1.82 bits per heavy atom. The van der Waals surface area contributed by atoms with Gasteiger partial charge in [0, 0.05) is 25.8 Å². The van der Waals surface area contributed by atoms with Crippen molar-refractivity contribution in [2.45, 2.75) is 45.7 Å². The van der Waals surface area contributed by atoms with E-state index in [2.05, 4.69) is 25.4 Å². The van der Waals surface area contributed by atoms with E-state index < -0.39 is 10.0 Å². The third kappa shape index (κ3) is 7.32. The molecule has 0 unspecified atom stereocenters. The highest BCUT2D eigenvalue weighted by molar-refractivity contribution is 7.88. The van der Waals surface area contributed by atoms with Crippen molar-refractivity contribution in [1.29, 1.82) is 0 Å². The number of aryl methyl sites for hydroxylation is 1. The zero-order chi connectivity index (χ0) is 20.6. The first-order chi connectivity index (χ1) is 13.3. The van der Waals surface area contributed by atoms with Crippen LogP contribution in [-0.2, 0) is 35.9 Å². The Morgan fingerprint density at radius 3 is 2.39 bits per heavy atom. The predicted molar refractivity (Wildman–Crippen MR) is 112 cm³/mol. The lowest BCUT2D eigenvalue weighted by Crippen LogP contribution is -2.37. The number of nitrogens with zero attached hydrogens (tertiary/aromatic N) is 3. The summed E-state index contributed by atoms with van der Waals surface area (Å²) in [7, 11) is -1.41. The van der Waals surface area contributed by atoms with Gasteiger partial charge in [0.25, 0.3) is 0 Å². The van der Waals surface area contributed by atoms with Crippen molar-refractivity contribution < 1.29 is 8.42 Å². The minimum atomic E-state index is -3.32. The van der Waals surface area contributed by atoms with Crippen molar-refractivity contribution in [3.8, 4) is 0 Å². The number of rotatable bonds is 9. The van der Waals surface area contributed by atoms with E-state index in [1.54, 1.807) is 6.20 Å². The third-order valence-electron chi connectivity index (χ3n) is 3.92. The van der Waals surface area contributed by atoms with Crippen LogP contribution in [0.1, 0.15) is 37.6 Å². The van der Waals surface area contributed by atoms with Gasteiger partial charge in [-0.25, -0.2) is 18.1 Å². The van der Waals surface area contributed by atoms with Gasteiger partial charge < -0.3 is 10.6 Å². The average molecular weight is 407 g/mol. The minimum absolute atomic E-state index is 0.0242. The van der Waals surface area contributed by atoms with Gasteiger partial charge in [0.15, 0.2) is 5.96 Å². The van der Waals surface area contributed by atoms with E-state index >= 15 is 0 Å². The Morgan fingerprint density at radius 1 is 1.14 bits per heavy atom. The SMILES string of the molecule is CCNC(=NCc1ccc(CS(=O)(=O)NC(C)C)cc1)NCc1ccnn1C. The summed E-state index contributed by atoms with van der Waals surface area (Å²) in [6.07, 6.45) is 1.76. The number of hydrogen-bond acceptors (Lipinski definition) is 4. The molecule has 0 bridgehead atoms. The van der Waals surface area contributed by atoms with Crippen LogP contribution in [-0.4, -0.2) is 36.7 Å². The van der Waals surface area contributed by atoms with Gasteiger partial charge in [-0.1, -0.05) is 24.3 Å². The highest BCUT2D eigenvalue weighted by Crippen LogP contribution is 2.09. The second-order valence-electron chi connectivity index (χ2n) is 6.84. The summed E-state index contributed by atoms with van der Waals surface area (Å²) in [6.45, 7) is 7.52. The largest absolute Gasteiger partial charge is 0.357 e. The number of sulfonamides is 1. The second-order valence-corrected chi connectivity index (χ2v) is 8.60. The quantitative estimate of drug-likeness (QED) is 0.433. The first-order valence-electron chi connectivity index (χ1n) is 9.36. The Balaban J connectivity index is 1.95. The maximum absolute atomic E-state index is 12.0. The second kappa shape index (κ2) is 10.2. The fourth-order valence-electron chi connectivity index (χ4n) is 2.62. The van der Waals surface area contributed by atoms with E-state index in [-0.39, 0.29) is 11.8 Å². The zero-order valence-electron chi connectivity index (χ0n) is 16.9. The lowest BCUT2D eigenvalue weighted by molar-refractivity contribution is 0.569. The fraction of sp³-hybridized carbons (Fsp3) is 0.474. The molecule has 0 aliphatic rings. The van der Waals surface area contributed by atoms with Crippen LogP contribution in [0.25, 0.3) is 0 Å². The highest BCUT2D eigenvalue weighted by atomic mass is 32.2. The predicted octanol–water partition coefficient (Wildman–Crippen LogP) is 1.50. The minimum Gasteiger partial charge on any atom is -0.357 e. The van der Waals surface area contributed by atoms with Gasteiger partial charge in [0.05, 0.1) is 24.5 Å². The van der Waals surface area contributed by atoms with E-state index in [1.807, 2.05) is 62.8 Å². The Bertz CT molecular complexity index is 872. The molecule has 0 radical (unpaired) electrons. The van der Waals surface area contributed by atoms with Crippen LogP contribution in [0.2, 0.25) is 0 Å². The van der Waals surface area contributed by atoms with Crippen LogP contribution in [0, 0.1) is 0 Å². The number of guanidine groups is 1. The van der Waals surface area contributed by atoms with Crippen LogP contribution in [0.3, 0.4) is 0 Å². The normalized spacial score (nSPS) is 12.4. The molecule has 0 saturated carbocycles. The molecular weight excluding hydrogens is 376 g/mol. The van der Waals surface area contributed by atoms with Crippen LogP contribution in [0.4, 0.5) is 0 Å². The summed E-state index contributed by atoms with van der Waals surface area (Å²) >= 11 is 0. The molecule has 0 aliphatic heterocycles. The molecule has 0 aliphatic carbocycles. The van der Waals surface area contributed by atoms with Gasteiger partial charge in [-0.15, -0.1) is 0 Å². The molecule has 28 heavy (non-hydrogen) atoms. The van der Waals surface area contributed by atoms with E-state index in [1.165, 1.54) is 0 Å². The van der Waals surface area contributed by atoms with Crippen LogP contribution >= 0.6 is 0 Å². The molecule has 0 saturated heterocycles. The maximum atomic E-state index is 12.0. The van der Waals surface area contributed by atoms with Crippen LogP contribution in [0.5, 0.6) is 0 Å². The van der Waals surface area contributed by atoms with Gasteiger partial charge in [-0.3, -0.25) is 4.68 Å². The van der Waals surface area contributed by atoms with Crippen molar-refractivity contribution in [3.05, 3.63) is 53.3 Å². The van der Waals surface area contributed by atoms with Gasteiger partial charge in [0.2, 0.25) is 10.0 Å². The van der Waals surface area contributed by atoms with Crippen molar-refractivity contribution >= 4 is 16.0 Å². The molecule has 1 aromatic heterocycles. The molecule has 2 aromatic rings. The standard InChI is InChI=1S/C19H30N6O2S/c1-5-20-19(22-13-18-10-11-23-25(18)4)21-12-16-6-8-17(9-7-16)14-28(26,27)24-15(2)3/h6-11,15,24H,5,12-14H2,1-4H3,(H2,20,21,22). The van der Waals surface area contributed by atoms with E-state index in [9.17, 15) is 8.42 Å².